The van der Waals surface area contributed by atoms with Gasteiger partial charge in [0.05, 0.1) is 107 Å². The number of nitrogens with one attached hydrogen (secondary N) is 3. The topological polar surface area (TPSA) is 368 Å². The monoisotopic (exact) mass is 1750 g/mol. The zero-order chi connectivity index (χ0) is 79.8. The van der Waals surface area contributed by atoms with Crippen molar-refractivity contribution in [1.82, 2.24) is 59.6 Å². The predicted molar refractivity (Wildman–Crippen MR) is 467 cm³/mol. The highest BCUT2D eigenvalue weighted by Crippen LogP contribution is 2.33. The molecule has 592 valence electrons. The van der Waals surface area contributed by atoms with Crippen molar-refractivity contribution in [1.29, 1.82) is 0 Å². The molecule has 33 heteroatoms. The summed E-state index contributed by atoms with van der Waals surface area (Å²) in [5.41, 5.74) is 24.2. The molecule has 0 radical (unpaired) electrons. The first-order chi connectivity index (χ1) is 54.4. The number of pyridine rings is 3. The summed E-state index contributed by atoms with van der Waals surface area (Å²) in [5.74, 6) is -1.71. The van der Waals surface area contributed by atoms with E-state index in [1.807, 2.05) is 159 Å². The molecule has 0 unspecified atom stereocenters. The van der Waals surface area contributed by atoms with Gasteiger partial charge in [-0.15, -0.1) is 0 Å². The molecule has 0 saturated carbocycles. The largest absolute Gasteiger partial charge is 0.382 e. The maximum atomic E-state index is 14.4. The number of aromatic nitrogens is 9. The molecule has 13 aromatic rings. The number of nitrogens with zero attached hydrogens (tertiary/aromatic N) is 11. The van der Waals surface area contributed by atoms with Crippen LogP contribution in [-0.4, -0.2) is 129 Å². The molecule has 0 bridgehead atoms. The number of hydrogen-bond donors (Lipinski definition) is 6. The highest BCUT2D eigenvalue weighted by Gasteiger charge is 2.28. The van der Waals surface area contributed by atoms with Crippen molar-refractivity contribution in [3.05, 3.63) is 292 Å². The number of nitrogens with two attached hydrogens (primary N) is 3. The van der Waals surface area contributed by atoms with Gasteiger partial charge in [0.2, 0.25) is 0 Å². The first-order valence-electron chi connectivity index (χ1n) is 35.8. The van der Waals surface area contributed by atoms with Gasteiger partial charge < -0.3 is 52.4 Å². The van der Waals surface area contributed by atoms with Crippen LogP contribution in [0.5, 0.6) is 0 Å². The molecular formula is C82H80Br2ClN17O10S3. The number of carbonyl (C=O) groups excluding carboxylic acids is 3. The van der Waals surface area contributed by atoms with Crippen LogP contribution in [0.2, 0.25) is 5.02 Å². The van der Waals surface area contributed by atoms with E-state index in [9.17, 15) is 37.2 Å². The summed E-state index contributed by atoms with van der Waals surface area (Å²) in [6.07, 6.45) is 5.45. The number of nitrogen functional groups attached to an aromatic ring is 3. The van der Waals surface area contributed by atoms with Crippen LogP contribution >= 0.6 is 70.5 Å². The lowest BCUT2D eigenvalue weighted by Crippen LogP contribution is -2.37. The highest BCUT2D eigenvalue weighted by molar-refractivity contribution is 9.10. The minimum absolute atomic E-state index is 0. The fourth-order valence-electron chi connectivity index (χ4n) is 13.6. The number of ether oxygens (including phenoxy) is 2. The van der Waals surface area contributed by atoms with Gasteiger partial charge in [0.25, 0.3) is 34.4 Å². The van der Waals surface area contributed by atoms with Crippen LogP contribution in [0.1, 0.15) is 93.0 Å². The molecule has 27 nitrogen and oxygen atoms in total. The van der Waals surface area contributed by atoms with Gasteiger partial charge in [0, 0.05) is 72.1 Å². The third kappa shape index (κ3) is 19.2. The maximum Gasteiger partial charge on any atom is 0.274 e. The Bertz CT molecular complexity index is 6110. The number of amides is 3. The van der Waals surface area contributed by atoms with Gasteiger partial charge in [-0.2, -0.15) is 27.0 Å². The molecule has 8 heterocycles. The summed E-state index contributed by atoms with van der Waals surface area (Å²) >= 11 is 12.8. The van der Waals surface area contributed by atoms with E-state index < -0.39 is 45.7 Å². The average molecular weight is 1760 g/mol. The van der Waals surface area contributed by atoms with E-state index in [-0.39, 0.29) is 84.0 Å². The van der Waals surface area contributed by atoms with E-state index in [4.69, 9.17) is 38.3 Å². The Balaban J connectivity index is 0.000000172. The molecule has 7 aromatic carbocycles. The van der Waals surface area contributed by atoms with Gasteiger partial charge in [-0.3, -0.25) is 42.5 Å². The standard InChI is InChI=1S/C34H34N6O5S.C26H25BrN6O3.C22H17BrClN5O2.2H2S/c1-22(37-33(41)31-32(35)36-20-27(38-31)24-9-6-8-23(18-24)21-46(2,43)44)29-19-25-10-7-13-28(39-14-16-45-17-15-39)30(25)34(42)40(29)26-11-4-3-5-12-26;1-16(30-25(34)23-24(28)29-15-21(27)31-23)20-14-17-6-5-9-19(32-10-12-36-13-11-32)22(17)26(35)33(20)18-7-3-2-4-8-18;1-12(27-21(30)19-20(25)26-11-17(23)28-19)16-10-13-6-5-9-15(24)18(13)22(31)29(16)14-7-3-2-4-8-14;;/h3-13,18-20,22H,14-17,21H2,1-2H3,(H2,35,36)(H,37,41);2-9,14-16H,10-13H2,1H3,(H2,28,29)(H,30,34);2-12H,1H3,(H2,25,26)(H,27,30);2*1H2/t22-;16-;12-;;/m000../s1. The molecule has 2 fully saturated rings. The minimum Gasteiger partial charge on any atom is -0.382 e. The van der Waals surface area contributed by atoms with Crippen LogP contribution in [0, 0.1) is 0 Å². The average Bonchev–Trinajstić information content (AvgIpc) is 0.759. The minimum atomic E-state index is -3.25. The number of sulfone groups is 1. The smallest absolute Gasteiger partial charge is 0.274 e. The van der Waals surface area contributed by atoms with Crippen LogP contribution in [0.4, 0.5) is 28.8 Å². The molecule has 115 heavy (non-hydrogen) atoms. The summed E-state index contributed by atoms with van der Waals surface area (Å²) in [6, 6.07) is 55.7. The highest BCUT2D eigenvalue weighted by atomic mass is 79.9. The van der Waals surface area contributed by atoms with E-state index in [1.165, 1.54) is 24.8 Å². The second kappa shape index (κ2) is 37.3. The van der Waals surface area contributed by atoms with Crippen LogP contribution < -0.4 is 59.6 Å². The van der Waals surface area contributed by atoms with E-state index in [2.05, 4.69) is 87.5 Å². The number of fused-ring (bicyclic) bond motifs is 3. The lowest BCUT2D eigenvalue weighted by atomic mass is 10.0. The lowest BCUT2D eigenvalue weighted by molar-refractivity contribution is 0.0925. The second-order valence-corrected chi connectivity index (χ2v) is 30.9. The lowest BCUT2D eigenvalue weighted by Gasteiger charge is -2.30. The van der Waals surface area contributed by atoms with E-state index in [0.717, 1.165) is 22.1 Å². The maximum absolute atomic E-state index is 14.4. The molecular weight excluding hydrogens is 1670 g/mol. The van der Waals surface area contributed by atoms with Crippen LogP contribution in [-0.2, 0) is 25.1 Å². The SMILES string of the molecule is C[C@H](NC(=O)c1nc(-c2cccc(CS(C)(=O)=O)c2)cnc1N)c1cc2cccc(N3CCOCC3)c2c(=O)n1-c1ccccc1.C[C@H](NC(=O)c1nc(Br)cnc1N)c1cc2cccc(Cl)c2c(=O)n1-c1ccccc1.C[C@H](NC(=O)c1nc(Br)cnc1N)c1cc2cccc(N3CCOCC3)c2c(=O)n1-c1ccccc1.S.S. The van der Waals surface area contributed by atoms with E-state index >= 15 is 0 Å². The zero-order valence-electron chi connectivity index (χ0n) is 62.5. The van der Waals surface area contributed by atoms with Crippen molar-refractivity contribution in [3.63, 3.8) is 0 Å². The fourth-order valence-corrected chi connectivity index (χ4v) is 15.2. The number of halogens is 3. The van der Waals surface area contributed by atoms with Crippen molar-refractivity contribution < 1.29 is 32.3 Å². The van der Waals surface area contributed by atoms with Crippen LogP contribution in [0.25, 0.3) is 60.6 Å². The third-order valence-electron chi connectivity index (χ3n) is 18.9. The number of para-hydroxylation sites is 3. The van der Waals surface area contributed by atoms with Crippen molar-refractivity contribution >= 4 is 159 Å². The summed E-state index contributed by atoms with van der Waals surface area (Å²) in [6.45, 7) is 10.6. The van der Waals surface area contributed by atoms with Gasteiger partial charge >= 0.3 is 0 Å². The molecule has 3 amide bonds. The van der Waals surface area contributed by atoms with Crippen molar-refractivity contribution in [2.45, 2.75) is 44.6 Å². The van der Waals surface area contributed by atoms with Crippen molar-refractivity contribution in [3.8, 4) is 28.3 Å². The summed E-state index contributed by atoms with van der Waals surface area (Å²) in [5, 5.41) is 13.0. The van der Waals surface area contributed by atoms with Gasteiger partial charge in [0.15, 0.2) is 44.4 Å². The van der Waals surface area contributed by atoms with Crippen LogP contribution in [0.15, 0.2) is 230 Å². The molecule has 2 aliphatic heterocycles. The first-order valence-corrected chi connectivity index (χ1v) is 39.8. The Labute approximate surface area is 696 Å². The normalized spacial score (nSPS) is 13.5. The van der Waals surface area contributed by atoms with E-state index in [0.29, 0.717) is 139 Å². The molecule has 9 N–H and O–H groups in total. The second-order valence-electron chi connectivity index (χ2n) is 26.7. The summed E-state index contributed by atoms with van der Waals surface area (Å²) < 4.78 is 40.3. The van der Waals surface area contributed by atoms with Gasteiger partial charge in [-0.1, -0.05) is 121 Å². The molecule has 2 saturated heterocycles. The number of hydrogen-bond acceptors (Lipinski definition) is 21. The number of rotatable bonds is 17. The molecule has 3 atom stereocenters. The fraction of sp³-hybridized carbons (Fsp3) is 0.195. The Kier molecular flexibility index (Phi) is 27.4. The summed E-state index contributed by atoms with van der Waals surface area (Å²) in [7, 11) is -3.25. The quantitative estimate of drug-likeness (QED) is 0.0493. The van der Waals surface area contributed by atoms with Gasteiger partial charge in [0.1, 0.15) is 9.21 Å². The van der Waals surface area contributed by atoms with Gasteiger partial charge in [-0.05, 0) is 153 Å². The number of morpholine rings is 2. The molecule has 0 spiro atoms. The third-order valence-corrected chi connectivity index (χ3v) is 20.8. The van der Waals surface area contributed by atoms with E-state index in [1.54, 1.807) is 63.9 Å². The zero-order valence-corrected chi connectivity index (χ0v) is 69.2. The molecule has 0 aliphatic carbocycles. The first kappa shape index (κ1) is 84.5. The summed E-state index contributed by atoms with van der Waals surface area (Å²) in [4.78, 5) is 111. The molecule has 2 aliphatic rings. The Morgan fingerprint density at radius 2 is 0.817 bits per heavy atom. The molecule has 15 rings (SSSR count). The van der Waals surface area contributed by atoms with Gasteiger partial charge in [-0.25, -0.2) is 38.3 Å². The van der Waals surface area contributed by atoms with Crippen LogP contribution in [0.3, 0.4) is 0 Å². The Hall–Kier alpha value is -11.4. The number of carbonyl (C=O) groups is 3. The van der Waals surface area contributed by atoms with Crippen molar-refractivity contribution in [2.24, 2.45) is 0 Å². The number of anilines is 5. The Morgan fingerprint density at radius 1 is 0.470 bits per heavy atom. The van der Waals surface area contributed by atoms with Crippen molar-refractivity contribution in [2.75, 3.05) is 85.9 Å². The Morgan fingerprint density at radius 3 is 1.21 bits per heavy atom. The number of benzene rings is 7. The predicted octanol–water partition coefficient (Wildman–Crippen LogP) is 11.9. The molecule has 6 aromatic heterocycles.